The molecule has 2 aliphatic heterocycles. The minimum absolute atomic E-state index is 0. The molecule has 2 aliphatic rings. The number of carboxylic acids is 2. The topological polar surface area (TPSA) is 170 Å². The van der Waals surface area contributed by atoms with Crippen molar-refractivity contribution < 1.29 is 78.6 Å². The summed E-state index contributed by atoms with van der Waals surface area (Å²) in [6.07, 6.45) is 0.416. The molecule has 2 heterocycles. The Kier molecular flexibility index (Phi) is 9.02. The Hall–Kier alpha value is -0.668. The maximum absolute atomic E-state index is 12.2. The number of carbonyl (C=O) groups is 4. The van der Waals surface area contributed by atoms with Gasteiger partial charge >= 0.3 is 11.9 Å². The van der Waals surface area contributed by atoms with Gasteiger partial charge in [-0.1, -0.05) is 0 Å². The van der Waals surface area contributed by atoms with Crippen LogP contribution >= 0.6 is 11.8 Å². The number of β-lactam (4-membered cyclic amide) rings is 1. The molecule has 3 atom stereocenters. The maximum atomic E-state index is 12.2. The van der Waals surface area contributed by atoms with Gasteiger partial charge in [-0.25, -0.2) is 4.79 Å². The van der Waals surface area contributed by atoms with Crippen LogP contribution in [-0.2, 0) is 19.2 Å². The summed E-state index contributed by atoms with van der Waals surface area (Å²) in [4.78, 5) is 47.1. The molecule has 0 saturated carbocycles. The van der Waals surface area contributed by atoms with Crippen LogP contribution in [0.3, 0.4) is 0 Å². The summed E-state index contributed by atoms with van der Waals surface area (Å²) in [5.41, 5.74) is 5.38. The minimum Gasteiger partial charge on any atom is -0.480 e. The molecule has 0 aliphatic carbocycles. The third kappa shape index (κ3) is 4.98. The van der Waals surface area contributed by atoms with Crippen molar-refractivity contribution in [1.82, 2.24) is 10.2 Å². The number of nitrogens with one attached hydrogen (secondary N) is 1. The molecule has 0 bridgehead atoms. The average Bonchev–Trinajstić information content (AvgIpc) is 2.57. The average molecular weight is 600 g/mol. The largest absolute Gasteiger partial charge is 0.480 e. The third-order valence-electron chi connectivity index (χ3n) is 3.99. The van der Waals surface area contributed by atoms with E-state index in [-0.39, 0.29) is 80.3 Å². The summed E-state index contributed by atoms with van der Waals surface area (Å²) in [6.45, 7) is -0.452. The predicted molar refractivity (Wildman–Crippen MR) is 86.2 cm³/mol. The van der Waals surface area contributed by atoms with E-state index in [4.69, 9.17) is 10.8 Å². The second-order valence-electron chi connectivity index (χ2n) is 5.71. The van der Waals surface area contributed by atoms with Gasteiger partial charge in [0.2, 0.25) is 5.91 Å². The van der Waals surface area contributed by atoms with Crippen LogP contribution in [0.15, 0.2) is 11.3 Å². The van der Waals surface area contributed by atoms with Gasteiger partial charge in [-0.3, -0.25) is 19.3 Å². The van der Waals surface area contributed by atoms with Crippen LogP contribution < -0.4 is 11.1 Å². The molecule has 141 valence electrons. The van der Waals surface area contributed by atoms with Gasteiger partial charge in [-0.15, -0.1) is 11.8 Å². The molecule has 0 aromatic carbocycles. The monoisotopic (exact) mass is 600 g/mol. The Morgan fingerprint density at radius 3 is 2.54 bits per heavy atom. The maximum Gasteiger partial charge on any atom is 0.352 e. The van der Waals surface area contributed by atoms with E-state index >= 15 is 0 Å². The molecule has 26 heavy (non-hydrogen) atoms. The first kappa shape index (κ1) is 23.4. The van der Waals surface area contributed by atoms with E-state index < -0.39 is 47.8 Å². The zero-order valence-corrected chi connectivity index (χ0v) is 19.3. The van der Waals surface area contributed by atoms with Crippen LogP contribution in [0.25, 0.3) is 0 Å². The molecule has 6 N–H and O–H groups in total. The number of nitrogens with zero attached hydrogens (tertiary/aromatic N) is 1. The molecule has 0 spiro atoms. The predicted octanol–water partition coefficient (Wildman–Crippen LogP) is -1.70. The molecule has 1 radical (unpaired) electrons. The van der Waals surface area contributed by atoms with Crippen LogP contribution in [0, 0.1) is 44.1 Å². The van der Waals surface area contributed by atoms with E-state index in [1.54, 1.807) is 0 Å². The standard InChI is InChI=1S/C14H19N3O7S.Ac/c15-7(13(21)22)2-1-3-8(19)16-9-11(20)17-10(14(23)24)6(4-18)5-25-12(9)17;/h7,9,12,18H,1-5,15H2,(H,16,19)(H,21,22)(H,23,24);. The van der Waals surface area contributed by atoms with Gasteiger partial charge in [-0.2, -0.15) is 0 Å². The van der Waals surface area contributed by atoms with Crippen molar-refractivity contribution >= 4 is 35.5 Å². The summed E-state index contributed by atoms with van der Waals surface area (Å²) in [5, 5.41) is 29.1. The van der Waals surface area contributed by atoms with Crippen molar-refractivity contribution in [3.63, 3.8) is 0 Å². The second-order valence-corrected chi connectivity index (χ2v) is 6.81. The van der Waals surface area contributed by atoms with Crippen LogP contribution in [0.4, 0.5) is 0 Å². The Morgan fingerprint density at radius 1 is 1.35 bits per heavy atom. The molecule has 2 amide bonds. The summed E-state index contributed by atoms with van der Waals surface area (Å²) in [6, 6.07) is -1.87. The fraction of sp³-hybridized carbons (Fsp3) is 0.571. The quantitative estimate of drug-likeness (QED) is 0.204. The number of aliphatic hydroxyl groups is 1. The van der Waals surface area contributed by atoms with Crippen LogP contribution in [0.5, 0.6) is 0 Å². The van der Waals surface area contributed by atoms with E-state index in [2.05, 4.69) is 5.32 Å². The van der Waals surface area contributed by atoms with Gasteiger partial charge < -0.3 is 26.4 Å². The molecule has 3 unspecified atom stereocenters. The van der Waals surface area contributed by atoms with Gasteiger partial charge in [0, 0.05) is 56.2 Å². The van der Waals surface area contributed by atoms with Crippen molar-refractivity contribution in [2.45, 2.75) is 36.7 Å². The summed E-state index contributed by atoms with van der Waals surface area (Å²) >= 11 is 1.26. The number of hydrogen-bond acceptors (Lipinski definition) is 7. The SMILES string of the molecule is NC(CCCC(=O)NC1C(=O)N2C(C(=O)O)=C(CO)CSC12)C(=O)O.[Ac]. The second kappa shape index (κ2) is 10.0. The van der Waals surface area contributed by atoms with Gasteiger partial charge in [0.25, 0.3) is 5.91 Å². The molecule has 1 fully saturated rings. The first-order valence-corrected chi connectivity index (χ1v) is 8.61. The number of carboxylic acid groups (broad SMARTS) is 2. The van der Waals surface area contributed by atoms with Gasteiger partial charge in [-0.05, 0) is 18.4 Å². The first-order chi connectivity index (χ1) is 11.8. The molecule has 1 saturated heterocycles. The Morgan fingerprint density at radius 2 is 2.00 bits per heavy atom. The van der Waals surface area contributed by atoms with Crippen molar-refractivity contribution in [3.8, 4) is 0 Å². The Balaban J connectivity index is 0.00000338. The zero-order valence-electron chi connectivity index (χ0n) is 13.8. The fourth-order valence-electron chi connectivity index (χ4n) is 2.66. The number of aliphatic carboxylic acids is 2. The van der Waals surface area contributed by atoms with Crippen LogP contribution in [-0.4, -0.2) is 73.8 Å². The van der Waals surface area contributed by atoms with Crippen molar-refractivity contribution in [1.29, 1.82) is 0 Å². The molecule has 0 aromatic heterocycles. The summed E-state index contributed by atoms with van der Waals surface area (Å²) in [7, 11) is 0. The van der Waals surface area contributed by atoms with E-state index in [1.807, 2.05) is 0 Å². The minimum atomic E-state index is -1.30. The number of hydrogen-bond donors (Lipinski definition) is 5. The first-order valence-electron chi connectivity index (χ1n) is 7.56. The number of nitrogens with two attached hydrogens (primary N) is 1. The molecule has 2 rings (SSSR count). The number of thioether (sulfide) groups is 1. The zero-order chi connectivity index (χ0) is 18.7. The summed E-state index contributed by atoms with van der Waals surface area (Å²) in [5.74, 6) is -3.15. The summed E-state index contributed by atoms with van der Waals surface area (Å²) < 4.78 is 0. The normalized spacial score (nSPS) is 22.7. The molecular weight excluding hydrogens is 581 g/mol. The molecular formula is C14H19AcN3O7S. The molecule has 12 heteroatoms. The van der Waals surface area contributed by atoms with E-state index in [1.165, 1.54) is 11.8 Å². The number of carbonyl (C=O) groups excluding carboxylic acids is 2. The van der Waals surface area contributed by atoms with Gasteiger partial charge in [0.05, 0.1) is 6.61 Å². The Labute approximate surface area is 189 Å². The van der Waals surface area contributed by atoms with Crippen molar-refractivity contribution in [3.05, 3.63) is 11.3 Å². The van der Waals surface area contributed by atoms with Crippen LogP contribution in [0.1, 0.15) is 19.3 Å². The fourth-order valence-corrected chi connectivity index (χ4v) is 3.99. The number of rotatable bonds is 8. The van der Waals surface area contributed by atoms with Gasteiger partial charge in [0.15, 0.2) is 0 Å². The molecule has 0 aromatic rings. The van der Waals surface area contributed by atoms with E-state index in [9.17, 15) is 29.4 Å². The number of fused-ring (bicyclic) bond motifs is 1. The van der Waals surface area contributed by atoms with Crippen molar-refractivity contribution in [2.75, 3.05) is 12.4 Å². The van der Waals surface area contributed by atoms with E-state index in [0.717, 1.165) is 4.90 Å². The van der Waals surface area contributed by atoms with Crippen molar-refractivity contribution in [2.24, 2.45) is 5.73 Å². The third-order valence-corrected chi connectivity index (χ3v) is 5.33. The molecule has 10 nitrogen and oxygen atoms in total. The number of amides is 2. The Bertz CT molecular complexity index is 642. The van der Waals surface area contributed by atoms with Crippen LogP contribution in [0.2, 0.25) is 0 Å². The number of aliphatic hydroxyl groups excluding tert-OH is 1. The van der Waals surface area contributed by atoms with E-state index in [0.29, 0.717) is 0 Å². The van der Waals surface area contributed by atoms with Gasteiger partial charge in [0.1, 0.15) is 23.2 Å². The smallest absolute Gasteiger partial charge is 0.352 e.